The number of benzene rings is 2. The minimum absolute atomic E-state index is 0. The van der Waals surface area contributed by atoms with E-state index in [1.54, 1.807) is 30.3 Å². The van der Waals surface area contributed by atoms with E-state index in [0.29, 0.717) is 25.4 Å². The molecule has 2 aromatic carbocycles. The third-order valence-electron chi connectivity index (χ3n) is 3.53. The maximum absolute atomic E-state index is 12.9. The van der Waals surface area contributed by atoms with Crippen LogP contribution in [0.25, 0.3) is 0 Å². The first-order valence-corrected chi connectivity index (χ1v) is 8.24. The molecule has 0 radical (unpaired) electrons. The summed E-state index contributed by atoms with van der Waals surface area (Å²) in [4.78, 5) is 6.55. The Morgan fingerprint density at radius 1 is 1.23 bits per heavy atom. The zero-order valence-electron chi connectivity index (χ0n) is 15.0. The van der Waals surface area contributed by atoms with Crippen molar-refractivity contribution in [3.63, 3.8) is 0 Å². The summed E-state index contributed by atoms with van der Waals surface area (Å²) < 4.78 is 18.5. The first-order valence-electron chi connectivity index (χ1n) is 8.24. The highest BCUT2D eigenvalue weighted by molar-refractivity contribution is 14.0. The van der Waals surface area contributed by atoms with Gasteiger partial charge in [-0.1, -0.05) is 12.1 Å². The lowest BCUT2D eigenvalue weighted by atomic mass is 10.2. The second kappa shape index (κ2) is 11.6. The third kappa shape index (κ3) is 7.47. The molecule has 26 heavy (non-hydrogen) atoms. The van der Waals surface area contributed by atoms with Crippen LogP contribution in [0.5, 0.6) is 11.5 Å². The van der Waals surface area contributed by atoms with Crippen molar-refractivity contribution in [2.24, 2.45) is 4.99 Å². The maximum atomic E-state index is 12.9. The Kier molecular flexibility index (Phi) is 9.79. The van der Waals surface area contributed by atoms with Gasteiger partial charge in [0.15, 0.2) is 5.96 Å². The van der Waals surface area contributed by atoms with Gasteiger partial charge < -0.3 is 20.1 Å². The molecule has 0 aliphatic carbocycles. The zero-order chi connectivity index (χ0) is 18.1. The van der Waals surface area contributed by atoms with Gasteiger partial charge >= 0.3 is 0 Å². The molecule has 0 fully saturated rings. The lowest BCUT2D eigenvalue weighted by Gasteiger charge is -2.22. The molecule has 2 aromatic rings. The van der Waals surface area contributed by atoms with Crippen LogP contribution in [0.4, 0.5) is 4.39 Å². The van der Waals surface area contributed by atoms with Crippen LogP contribution >= 0.6 is 24.0 Å². The molecule has 0 saturated carbocycles. The molecule has 0 heterocycles. The van der Waals surface area contributed by atoms with E-state index in [1.165, 1.54) is 12.1 Å². The standard InChI is InChI=1S/C19H24FN3O2.HI/c1-3-21-19(22-14-15-5-4-6-17(24)13-15)23(2)11-12-25-18-9-7-16(20)8-10-18;/h4-10,13,24H,3,11-12,14H2,1-2H3,(H,21,22);1H. The lowest BCUT2D eigenvalue weighted by molar-refractivity contribution is 0.281. The molecule has 0 unspecified atom stereocenters. The summed E-state index contributed by atoms with van der Waals surface area (Å²) in [7, 11) is 1.93. The summed E-state index contributed by atoms with van der Waals surface area (Å²) in [5, 5.41) is 12.7. The molecule has 2 rings (SSSR count). The van der Waals surface area contributed by atoms with Gasteiger partial charge in [0, 0.05) is 13.6 Å². The molecule has 0 amide bonds. The van der Waals surface area contributed by atoms with Crippen molar-refractivity contribution in [1.82, 2.24) is 10.2 Å². The molecule has 5 nitrogen and oxygen atoms in total. The quantitative estimate of drug-likeness (QED) is 0.367. The van der Waals surface area contributed by atoms with Crippen LogP contribution in [0.3, 0.4) is 0 Å². The van der Waals surface area contributed by atoms with Gasteiger partial charge in [-0.15, -0.1) is 24.0 Å². The molecule has 2 N–H and O–H groups in total. The third-order valence-corrected chi connectivity index (χ3v) is 3.53. The number of ether oxygens (including phenoxy) is 1. The lowest BCUT2D eigenvalue weighted by Crippen LogP contribution is -2.40. The average molecular weight is 473 g/mol. The van der Waals surface area contributed by atoms with E-state index in [0.717, 1.165) is 18.1 Å². The molecular weight excluding hydrogens is 448 g/mol. The van der Waals surface area contributed by atoms with Gasteiger partial charge in [0.2, 0.25) is 0 Å². The van der Waals surface area contributed by atoms with E-state index < -0.39 is 0 Å². The molecule has 0 aromatic heterocycles. The topological polar surface area (TPSA) is 57.1 Å². The molecule has 7 heteroatoms. The molecule has 0 aliphatic heterocycles. The Hall–Kier alpha value is -2.03. The number of guanidine groups is 1. The number of rotatable bonds is 7. The van der Waals surface area contributed by atoms with Crippen LogP contribution in [0.1, 0.15) is 12.5 Å². The van der Waals surface area contributed by atoms with Gasteiger partial charge in [0.1, 0.15) is 23.9 Å². The molecule has 0 aliphatic rings. The van der Waals surface area contributed by atoms with Crippen molar-refractivity contribution in [2.75, 3.05) is 26.7 Å². The van der Waals surface area contributed by atoms with Gasteiger partial charge in [-0.2, -0.15) is 0 Å². The largest absolute Gasteiger partial charge is 0.508 e. The summed E-state index contributed by atoms with van der Waals surface area (Å²) in [5.41, 5.74) is 0.936. The number of phenols is 1. The summed E-state index contributed by atoms with van der Waals surface area (Å²) >= 11 is 0. The first kappa shape index (κ1) is 22.0. The van der Waals surface area contributed by atoms with E-state index in [1.807, 2.05) is 24.9 Å². The molecule has 0 spiro atoms. The summed E-state index contributed by atoms with van der Waals surface area (Å²) in [6, 6.07) is 13.0. The maximum Gasteiger partial charge on any atom is 0.194 e. The van der Waals surface area contributed by atoms with E-state index in [9.17, 15) is 9.50 Å². The monoisotopic (exact) mass is 473 g/mol. The van der Waals surface area contributed by atoms with Gasteiger partial charge in [-0.25, -0.2) is 9.38 Å². The number of likely N-dealkylation sites (N-methyl/N-ethyl adjacent to an activating group) is 1. The molecular formula is C19H25FIN3O2. The number of phenolic OH excluding ortho intramolecular Hbond substituents is 1. The van der Waals surface area contributed by atoms with E-state index in [4.69, 9.17) is 4.74 Å². The number of aromatic hydroxyl groups is 1. The highest BCUT2D eigenvalue weighted by Crippen LogP contribution is 2.12. The van der Waals surface area contributed by atoms with E-state index in [-0.39, 0.29) is 35.5 Å². The number of hydrogen-bond donors (Lipinski definition) is 2. The molecule has 142 valence electrons. The van der Waals surface area contributed by atoms with E-state index >= 15 is 0 Å². The van der Waals surface area contributed by atoms with Crippen LogP contribution in [-0.2, 0) is 6.54 Å². The highest BCUT2D eigenvalue weighted by Gasteiger charge is 2.06. The van der Waals surface area contributed by atoms with Gasteiger partial charge in [0.25, 0.3) is 0 Å². The predicted octanol–water partition coefficient (Wildman–Crippen LogP) is 3.63. The van der Waals surface area contributed by atoms with Gasteiger partial charge in [0.05, 0.1) is 13.1 Å². The number of nitrogens with one attached hydrogen (secondary N) is 1. The van der Waals surface area contributed by atoms with Crippen molar-refractivity contribution < 1.29 is 14.2 Å². The summed E-state index contributed by atoms with van der Waals surface area (Å²) in [6.07, 6.45) is 0. The normalized spacial score (nSPS) is 10.8. The number of hydrogen-bond acceptors (Lipinski definition) is 3. The second-order valence-corrected chi connectivity index (χ2v) is 5.56. The number of aliphatic imine (C=N–C) groups is 1. The van der Waals surface area contributed by atoms with Crippen molar-refractivity contribution in [1.29, 1.82) is 0 Å². The summed E-state index contributed by atoms with van der Waals surface area (Å²) in [5.74, 6) is 1.35. The Morgan fingerprint density at radius 3 is 2.62 bits per heavy atom. The smallest absolute Gasteiger partial charge is 0.194 e. The van der Waals surface area contributed by atoms with E-state index in [2.05, 4.69) is 10.3 Å². The van der Waals surface area contributed by atoms with Crippen LogP contribution in [0.15, 0.2) is 53.5 Å². The minimum atomic E-state index is -0.280. The molecule has 0 bridgehead atoms. The first-order chi connectivity index (χ1) is 12.1. The summed E-state index contributed by atoms with van der Waals surface area (Å²) in [6.45, 7) is 4.32. The van der Waals surface area contributed by atoms with Crippen molar-refractivity contribution in [3.05, 3.63) is 59.9 Å². The fourth-order valence-electron chi connectivity index (χ4n) is 2.23. The Bertz CT molecular complexity index is 695. The van der Waals surface area contributed by atoms with Crippen LogP contribution in [-0.4, -0.2) is 42.7 Å². The predicted molar refractivity (Wildman–Crippen MR) is 113 cm³/mol. The fraction of sp³-hybridized carbons (Fsp3) is 0.316. The van der Waals surface area contributed by atoms with Crippen molar-refractivity contribution in [3.8, 4) is 11.5 Å². The average Bonchev–Trinajstić information content (AvgIpc) is 2.60. The molecule has 0 saturated heterocycles. The zero-order valence-corrected chi connectivity index (χ0v) is 17.3. The highest BCUT2D eigenvalue weighted by atomic mass is 127. The Labute approximate surface area is 170 Å². The SMILES string of the molecule is CCNC(=NCc1cccc(O)c1)N(C)CCOc1ccc(F)cc1.I. The second-order valence-electron chi connectivity index (χ2n) is 5.56. The van der Waals surface area contributed by atoms with Crippen LogP contribution in [0, 0.1) is 5.82 Å². The van der Waals surface area contributed by atoms with Crippen LogP contribution in [0.2, 0.25) is 0 Å². The molecule has 0 atom stereocenters. The van der Waals surface area contributed by atoms with Gasteiger partial charge in [-0.3, -0.25) is 0 Å². The Morgan fingerprint density at radius 2 is 1.96 bits per heavy atom. The van der Waals surface area contributed by atoms with Crippen molar-refractivity contribution >= 4 is 29.9 Å². The number of nitrogens with zero attached hydrogens (tertiary/aromatic N) is 2. The Balaban J connectivity index is 0.00000338. The van der Waals surface area contributed by atoms with Gasteiger partial charge in [-0.05, 0) is 48.9 Å². The minimum Gasteiger partial charge on any atom is -0.508 e. The fourth-order valence-corrected chi connectivity index (χ4v) is 2.23. The van der Waals surface area contributed by atoms with Crippen molar-refractivity contribution in [2.45, 2.75) is 13.5 Å². The number of halogens is 2. The van der Waals surface area contributed by atoms with Crippen LogP contribution < -0.4 is 10.1 Å².